The molecule has 1 aromatic rings. The highest BCUT2D eigenvalue weighted by molar-refractivity contribution is 9.10. The molecule has 2 aliphatic rings. The Morgan fingerprint density at radius 2 is 2.30 bits per heavy atom. The van der Waals surface area contributed by atoms with Crippen molar-refractivity contribution in [2.24, 2.45) is 0 Å². The normalized spacial score (nSPS) is 30.1. The van der Waals surface area contributed by atoms with Crippen LogP contribution in [0.25, 0.3) is 0 Å². The van der Waals surface area contributed by atoms with Crippen LogP contribution in [0.15, 0.2) is 22.7 Å². The molecule has 0 amide bonds. The number of likely N-dealkylation sites (tertiary alicyclic amines) is 1. The predicted molar refractivity (Wildman–Crippen MR) is 85.4 cm³/mol. The van der Waals surface area contributed by atoms with Crippen LogP contribution in [0, 0.1) is 0 Å². The van der Waals surface area contributed by atoms with Gasteiger partial charge in [0.25, 0.3) is 0 Å². The van der Waals surface area contributed by atoms with Crippen LogP contribution >= 0.6 is 15.9 Å². The molecule has 0 aromatic heterocycles. The number of piperidine rings is 1. The second-order valence-corrected chi connectivity index (χ2v) is 7.07. The standard InChI is InChI=1S/C16H23BrN2O/c1-11-7-14(5-6-19(11)2)18-10-15-9-12-8-13(17)3-4-16(12)20-15/h3-4,8,11,14-15,18H,5-7,9-10H2,1-2H3. The van der Waals surface area contributed by atoms with Crippen molar-refractivity contribution in [2.75, 3.05) is 20.1 Å². The molecule has 20 heavy (non-hydrogen) atoms. The Labute approximate surface area is 129 Å². The highest BCUT2D eigenvalue weighted by Crippen LogP contribution is 2.31. The van der Waals surface area contributed by atoms with E-state index in [0.717, 1.165) is 23.2 Å². The Bertz CT molecular complexity index is 480. The first-order valence-corrected chi connectivity index (χ1v) is 8.30. The number of nitrogens with one attached hydrogen (secondary N) is 1. The van der Waals surface area contributed by atoms with Crippen molar-refractivity contribution in [1.29, 1.82) is 0 Å². The van der Waals surface area contributed by atoms with Gasteiger partial charge in [-0.15, -0.1) is 0 Å². The first-order chi connectivity index (χ1) is 9.61. The molecule has 1 N–H and O–H groups in total. The molecule has 0 radical (unpaired) electrons. The summed E-state index contributed by atoms with van der Waals surface area (Å²) < 4.78 is 7.14. The van der Waals surface area contributed by atoms with E-state index in [1.54, 1.807) is 0 Å². The van der Waals surface area contributed by atoms with Crippen molar-refractivity contribution in [3.63, 3.8) is 0 Å². The molecule has 2 heterocycles. The highest BCUT2D eigenvalue weighted by atomic mass is 79.9. The number of nitrogens with zero attached hydrogens (tertiary/aromatic N) is 1. The fourth-order valence-electron chi connectivity index (χ4n) is 3.18. The molecule has 0 bridgehead atoms. The summed E-state index contributed by atoms with van der Waals surface area (Å²) in [6.45, 7) is 4.46. The quantitative estimate of drug-likeness (QED) is 0.917. The number of ether oxygens (including phenoxy) is 1. The van der Waals surface area contributed by atoms with Gasteiger partial charge in [-0.25, -0.2) is 0 Å². The molecule has 1 saturated heterocycles. The molecule has 3 rings (SSSR count). The van der Waals surface area contributed by atoms with Crippen molar-refractivity contribution < 1.29 is 4.74 Å². The zero-order chi connectivity index (χ0) is 14.1. The highest BCUT2D eigenvalue weighted by Gasteiger charge is 2.26. The lowest BCUT2D eigenvalue weighted by molar-refractivity contribution is 0.155. The van der Waals surface area contributed by atoms with E-state index in [1.165, 1.54) is 24.9 Å². The molecule has 4 heteroatoms. The van der Waals surface area contributed by atoms with Crippen LogP contribution in [0.3, 0.4) is 0 Å². The molecule has 1 aromatic carbocycles. The van der Waals surface area contributed by atoms with Crippen LogP contribution in [0.1, 0.15) is 25.3 Å². The van der Waals surface area contributed by atoms with E-state index in [2.05, 4.69) is 52.3 Å². The van der Waals surface area contributed by atoms with Crippen molar-refractivity contribution in [1.82, 2.24) is 10.2 Å². The minimum Gasteiger partial charge on any atom is -0.488 e. The molecule has 110 valence electrons. The minimum absolute atomic E-state index is 0.286. The first-order valence-electron chi connectivity index (χ1n) is 7.50. The van der Waals surface area contributed by atoms with Crippen LogP contribution in [0.4, 0.5) is 0 Å². The summed E-state index contributed by atoms with van der Waals surface area (Å²) in [5, 5.41) is 3.70. The Hall–Kier alpha value is -0.580. The molecule has 1 fully saturated rings. The number of hydrogen-bond donors (Lipinski definition) is 1. The van der Waals surface area contributed by atoms with Crippen molar-refractivity contribution >= 4 is 15.9 Å². The zero-order valence-electron chi connectivity index (χ0n) is 12.2. The van der Waals surface area contributed by atoms with Gasteiger partial charge in [0.15, 0.2) is 0 Å². The van der Waals surface area contributed by atoms with Gasteiger partial charge in [-0.05, 0) is 57.1 Å². The molecule has 3 nitrogen and oxygen atoms in total. The lowest BCUT2D eigenvalue weighted by atomic mass is 9.98. The van der Waals surface area contributed by atoms with E-state index in [1.807, 2.05) is 6.07 Å². The first kappa shape index (κ1) is 14.4. The van der Waals surface area contributed by atoms with Crippen LogP contribution in [0.5, 0.6) is 5.75 Å². The second kappa shape index (κ2) is 6.04. The summed E-state index contributed by atoms with van der Waals surface area (Å²) in [7, 11) is 2.22. The van der Waals surface area contributed by atoms with Gasteiger partial charge in [0.1, 0.15) is 11.9 Å². The number of rotatable bonds is 3. The smallest absolute Gasteiger partial charge is 0.123 e. The van der Waals surface area contributed by atoms with E-state index in [9.17, 15) is 0 Å². The third kappa shape index (κ3) is 3.18. The summed E-state index contributed by atoms with van der Waals surface area (Å²) >= 11 is 3.52. The lowest BCUT2D eigenvalue weighted by Crippen LogP contribution is -2.47. The van der Waals surface area contributed by atoms with Crippen LogP contribution in [-0.2, 0) is 6.42 Å². The largest absolute Gasteiger partial charge is 0.488 e. The van der Waals surface area contributed by atoms with Gasteiger partial charge < -0.3 is 15.0 Å². The van der Waals surface area contributed by atoms with Gasteiger partial charge in [0.2, 0.25) is 0 Å². The number of fused-ring (bicyclic) bond motifs is 1. The fraction of sp³-hybridized carbons (Fsp3) is 0.625. The Balaban J connectivity index is 1.49. The summed E-state index contributed by atoms with van der Waals surface area (Å²) in [6, 6.07) is 7.61. The van der Waals surface area contributed by atoms with Gasteiger partial charge in [0, 0.05) is 29.5 Å². The molecule has 0 spiro atoms. The lowest BCUT2D eigenvalue weighted by Gasteiger charge is -2.35. The topological polar surface area (TPSA) is 24.5 Å². The Morgan fingerprint density at radius 1 is 1.45 bits per heavy atom. The van der Waals surface area contributed by atoms with Crippen LogP contribution in [-0.4, -0.2) is 43.2 Å². The molecule has 2 aliphatic heterocycles. The van der Waals surface area contributed by atoms with Gasteiger partial charge in [-0.2, -0.15) is 0 Å². The zero-order valence-corrected chi connectivity index (χ0v) is 13.8. The van der Waals surface area contributed by atoms with Crippen molar-refractivity contribution in [2.45, 2.75) is 44.4 Å². The molecule has 3 unspecified atom stereocenters. The molecular formula is C16H23BrN2O. The van der Waals surface area contributed by atoms with Gasteiger partial charge in [0.05, 0.1) is 0 Å². The van der Waals surface area contributed by atoms with E-state index in [0.29, 0.717) is 12.1 Å². The third-order valence-electron chi connectivity index (χ3n) is 4.61. The maximum Gasteiger partial charge on any atom is 0.123 e. The van der Waals surface area contributed by atoms with E-state index < -0.39 is 0 Å². The predicted octanol–water partition coefficient (Wildman–Crippen LogP) is 2.82. The average molecular weight is 339 g/mol. The SMILES string of the molecule is CC1CC(NCC2Cc3cc(Br)ccc3O2)CCN1C. The summed E-state index contributed by atoms with van der Waals surface area (Å²) in [4.78, 5) is 2.44. The van der Waals surface area contributed by atoms with E-state index >= 15 is 0 Å². The molecule has 3 atom stereocenters. The van der Waals surface area contributed by atoms with E-state index in [4.69, 9.17) is 4.74 Å². The van der Waals surface area contributed by atoms with Crippen molar-refractivity contribution in [3.8, 4) is 5.75 Å². The molecule has 0 aliphatic carbocycles. The van der Waals surface area contributed by atoms with E-state index in [-0.39, 0.29) is 6.10 Å². The maximum absolute atomic E-state index is 6.01. The van der Waals surface area contributed by atoms with Crippen molar-refractivity contribution in [3.05, 3.63) is 28.2 Å². The van der Waals surface area contributed by atoms with Gasteiger partial charge in [-0.3, -0.25) is 0 Å². The monoisotopic (exact) mass is 338 g/mol. The van der Waals surface area contributed by atoms with Gasteiger partial charge in [-0.1, -0.05) is 15.9 Å². The summed E-state index contributed by atoms with van der Waals surface area (Å²) in [6.07, 6.45) is 3.78. The average Bonchev–Trinajstić information content (AvgIpc) is 2.82. The number of hydrogen-bond acceptors (Lipinski definition) is 3. The third-order valence-corrected chi connectivity index (χ3v) is 5.10. The maximum atomic E-state index is 6.01. The van der Waals surface area contributed by atoms with Gasteiger partial charge >= 0.3 is 0 Å². The molecule has 0 saturated carbocycles. The minimum atomic E-state index is 0.286. The summed E-state index contributed by atoms with van der Waals surface area (Å²) in [5.41, 5.74) is 1.32. The molecular weight excluding hydrogens is 316 g/mol. The fourth-order valence-corrected chi connectivity index (χ4v) is 3.58. The number of halogens is 1. The van der Waals surface area contributed by atoms with Crippen LogP contribution in [0.2, 0.25) is 0 Å². The van der Waals surface area contributed by atoms with Crippen LogP contribution < -0.4 is 10.1 Å². The second-order valence-electron chi connectivity index (χ2n) is 6.16. The Kier molecular flexibility index (Phi) is 4.34. The Morgan fingerprint density at radius 3 is 3.10 bits per heavy atom. The number of benzene rings is 1. The summed E-state index contributed by atoms with van der Waals surface area (Å²) in [5.74, 6) is 1.05.